The lowest BCUT2D eigenvalue weighted by molar-refractivity contribution is -0.318. The van der Waals surface area contributed by atoms with Crippen LogP contribution in [0.2, 0.25) is 0 Å². The molecule has 46 heavy (non-hydrogen) atoms. The third kappa shape index (κ3) is 10.6. The molecule has 0 bridgehead atoms. The predicted molar refractivity (Wildman–Crippen MR) is 146 cm³/mol. The van der Waals surface area contributed by atoms with E-state index in [1.165, 1.54) is 0 Å². The third-order valence-corrected chi connectivity index (χ3v) is 6.72. The summed E-state index contributed by atoms with van der Waals surface area (Å²) in [7, 11) is 0. The van der Waals surface area contributed by atoms with Gasteiger partial charge in [-0.05, 0) is 6.08 Å². The summed E-state index contributed by atoms with van der Waals surface area (Å²) in [5.41, 5.74) is -1.91. The quantitative estimate of drug-likeness (QED) is 0.0550. The van der Waals surface area contributed by atoms with Gasteiger partial charge in [0.1, 0.15) is 42.7 Å². The van der Waals surface area contributed by atoms with E-state index in [2.05, 4.69) is 11.9 Å². The van der Waals surface area contributed by atoms with Crippen LogP contribution in [0.15, 0.2) is 12.7 Å². The molecule has 0 aromatic rings. The first-order chi connectivity index (χ1) is 21.6. The second kappa shape index (κ2) is 17.6. The maximum absolute atomic E-state index is 12.4. The Morgan fingerprint density at radius 3 is 1.76 bits per heavy atom. The van der Waals surface area contributed by atoms with Crippen LogP contribution in [0.1, 0.15) is 27.7 Å². The topological polar surface area (TPSA) is 272 Å². The van der Waals surface area contributed by atoms with Crippen LogP contribution in [-0.2, 0) is 61.9 Å². The molecule has 19 nitrogen and oxygen atoms in total. The summed E-state index contributed by atoms with van der Waals surface area (Å²) in [5.74, 6) is -4.22. The van der Waals surface area contributed by atoms with Gasteiger partial charge in [0.15, 0.2) is 30.9 Å². The molecule has 0 aromatic heterocycles. The number of amides is 1. The average molecular weight is 668 g/mol. The second-order valence-corrected chi connectivity index (χ2v) is 10.5. The number of ether oxygens (including phenoxy) is 8. The van der Waals surface area contributed by atoms with E-state index in [0.717, 1.165) is 33.8 Å². The highest BCUT2D eigenvalue weighted by molar-refractivity contribution is 5.87. The number of aliphatic hydroxyl groups excluding tert-OH is 5. The zero-order chi connectivity index (χ0) is 34.8. The Labute approximate surface area is 263 Å². The molecule has 2 rings (SSSR count). The second-order valence-electron chi connectivity index (χ2n) is 10.5. The molecule has 19 heteroatoms. The van der Waals surface area contributed by atoms with Crippen LogP contribution in [0.4, 0.5) is 0 Å². The van der Waals surface area contributed by atoms with Crippen LogP contribution < -0.4 is 5.32 Å². The Morgan fingerprint density at radius 1 is 0.739 bits per heavy atom. The monoisotopic (exact) mass is 667 g/mol. The Balaban J connectivity index is 2.44. The van der Waals surface area contributed by atoms with Crippen molar-refractivity contribution in [3.8, 4) is 0 Å². The van der Waals surface area contributed by atoms with Crippen molar-refractivity contribution in [1.82, 2.24) is 5.32 Å². The van der Waals surface area contributed by atoms with Crippen molar-refractivity contribution >= 4 is 29.8 Å². The molecule has 2 aliphatic heterocycles. The van der Waals surface area contributed by atoms with Gasteiger partial charge in [0.2, 0.25) is 5.91 Å². The fourth-order valence-corrected chi connectivity index (χ4v) is 4.57. The smallest absolute Gasteiger partial charge is 0.303 e. The van der Waals surface area contributed by atoms with Gasteiger partial charge in [-0.15, -0.1) is 0 Å². The van der Waals surface area contributed by atoms with Crippen molar-refractivity contribution < 1.29 is 87.4 Å². The van der Waals surface area contributed by atoms with Crippen LogP contribution in [0.3, 0.4) is 0 Å². The zero-order valence-electron chi connectivity index (χ0n) is 25.6. The molecular weight excluding hydrogens is 626 g/mol. The Morgan fingerprint density at radius 2 is 1.26 bits per heavy atom. The highest BCUT2D eigenvalue weighted by atomic mass is 16.7. The number of carbonyl (C=O) groups is 5. The number of nitrogens with one attached hydrogen (secondary N) is 1. The zero-order valence-corrected chi connectivity index (χ0v) is 25.6. The van der Waals surface area contributed by atoms with Crippen molar-refractivity contribution in [2.45, 2.75) is 94.6 Å². The minimum Gasteiger partial charge on any atom is -0.463 e. The van der Waals surface area contributed by atoms with E-state index in [1.54, 1.807) is 0 Å². The number of carbonyl (C=O) groups excluding carboxylic acids is 5. The predicted octanol–water partition coefficient (Wildman–Crippen LogP) is -4.06. The van der Waals surface area contributed by atoms with Crippen molar-refractivity contribution in [2.24, 2.45) is 0 Å². The van der Waals surface area contributed by atoms with E-state index in [9.17, 15) is 49.5 Å². The summed E-state index contributed by atoms with van der Waals surface area (Å²) < 4.78 is 43.5. The summed E-state index contributed by atoms with van der Waals surface area (Å²) in [5, 5.41) is 52.8. The van der Waals surface area contributed by atoms with Crippen LogP contribution in [0, 0.1) is 0 Å². The molecule has 0 aromatic carbocycles. The largest absolute Gasteiger partial charge is 0.463 e. The molecule has 262 valence electrons. The van der Waals surface area contributed by atoms with Gasteiger partial charge >= 0.3 is 23.9 Å². The van der Waals surface area contributed by atoms with E-state index < -0.39 is 130 Å². The maximum atomic E-state index is 12.4. The van der Waals surface area contributed by atoms with Gasteiger partial charge in [0.05, 0.1) is 26.4 Å². The normalized spacial score (nSPS) is 32.3. The number of hydrogen-bond acceptors (Lipinski definition) is 18. The molecule has 6 N–H and O–H groups in total. The van der Waals surface area contributed by atoms with Crippen LogP contribution >= 0.6 is 0 Å². The standard InChI is InChI=1S/C27H41NO18/c1-6-18(35)28-27(9-30,10-40-25-21(38)20(37)19(36)16(7-29)45-25)11-41-26-24(44-15(5)34)23(43-14(4)33)22(42-13(3)32)17(46-26)8-39-12(2)31/h6,16-17,19-26,29-30,36-38H,1,7-11H2,2-5H3,(H,28,35)/t16-,17-,19+,20+,21-,22+,23+,24-,25-,26-,27?/m1/s1. The average Bonchev–Trinajstić information content (AvgIpc) is 2.98. The summed E-state index contributed by atoms with van der Waals surface area (Å²) in [4.78, 5) is 60.0. The van der Waals surface area contributed by atoms with Gasteiger partial charge in [-0.3, -0.25) is 24.0 Å². The molecule has 1 amide bonds. The molecule has 0 saturated carbocycles. The minimum atomic E-state index is -1.91. The van der Waals surface area contributed by atoms with Crippen molar-refractivity contribution in [2.75, 3.05) is 33.0 Å². The molecule has 2 aliphatic rings. The summed E-state index contributed by atoms with van der Waals surface area (Å²) in [6.45, 7) is 3.87. The van der Waals surface area contributed by atoms with Gasteiger partial charge in [0, 0.05) is 27.7 Å². The fraction of sp³-hybridized carbons (Fsp3) is 0.741. The number of aliphatic hydroxyl groups is 5. The van der Waals surface area contributed by atoms with Gasteiger partial charge < -0.3 is 68.7 Å². The first kappa shape index (κ1) is 38.9. The maximum Gasteiger partial charge on any atom is 0.303 e. The number of rotatable bonds is 15. The molecule has 0 aliphatic carbocycles. The van der Waals surface area contributed by atoms with Crippen molar-refractivity contribution in [1.29, 1.82) is 0 Å². The van der Waals surface area contributed by atoms with E-state index in [4.69, 9.17) is 37.9 Å². The molecule has 2 saturated heterocycles. The Kier molecular flexibility index (Phi) is 14.9. The molecular formula is C27H41NO18. The Bertz CT molecular complexity index is 1080. The van der Waals surface area contributed by atoms with Crippen molar-refractivity contribution in [3.05, 3.63) is 12.7 Å². The fourth-order valence-electron chi connectivity index (χ4n) is 4.57. The summed E-state index contributed by atoms with van der Waals surface area (Å²) in [6.07, 6.45) is -15.2. The lowest BCUT2D eigenvalue weighted by Gasteiger charge is -2.45. The molecule has 0 radical (unpaired) electrons. The van der Waals surface area contributed by atoms with Crippen LogP contribution in [0.5, 0.6) is 0 Å². The molecule has 2 fully saturated rings. The lowest BCUT2D eigenvalue weighted by atomic mass is 9.97. The minimum absolute atomic E-state index is 0.545. The van der Waals surface area contributed by atoms with E-state index in [1.807, 2.05) is 0 Å². The van der Waals surface area contributed by atoms with Gasteiger partial charge in [-0.25, -0.2) is 0 Å². The molecule has 0 spiro atoms. The van der Waals surface area contributed by atoms with Crippen molar-refractivity contribution in [3.63, 3.8) is 0 Å². The van der Waals surface area contributed by atoms with Gasteiger partial charge in [0.25, 0.3) is 0 Å². The van der Waals surface area contributed by atoms with Crippen LogP contribution in [-0.4, -0.2) is 155 Å². The number of hydrogen-bond donors (Lipinski definition) is 6. The van der Waals surface area contributed by atoms with E-state index in [0.29, 0.717) is 0 Å². The summed E-state index contributed by atoms with van der Waals surface area (Å²) in [6, 6.07) is 0. The van der Waals surface area contributed by atoms with E-state index >= 15 is 0 Å². The highest BCUT2D eigenvalue weighted by Crippen LogP contribution is 2.31. The third-order valence-electron chi connectivity index (χ3n) is 6.72. The molecule has 1 unspecified atom stereocenters. The Hall–Kier alpha value is -3.27. The van der Waals surface area contributed by atoms with Gasteiger partial charge in [-0.2, -0.15) is 0 Å². The van der Waals surface area contributed by atoms with Crippen LogP contribution in [0.25, 0.3) is 0 Å². The van der Waals surface area contributed by atoms with E-state index in [-0.39, 0.29) is 0 Å². The summed E-state index contributed by atoms with van der Waals surface area (Å²) >= 11 is 0. The highest BCUT2D eigenvalue weighted by Gasteiger charge is 2.53. The first-order valence-electron chi connectivity index (χ1n) is 14.0. The molecule has 11 atom stereocenters. The molecule has 2 heterocycles. The number of esters is 4. The first-order valence-corrected chi connectivity index (χ1v) is 14.0. The van der Waals surface area contributed by atoms with Gasteiger partial charge in [-0.1, -0.05) is 6.58 Å². The lowest BCUT2D eigenvalue weighted by Crippen LogP contribution is -2.65. The SMILES string of the molecule is C=CC(=O)NC(CO)(CO[C@@H]1O[C@H](CO)[C@H](O)[C@H](O)[C@H]1O)CO[C@@H]1O[C@H](COC(C)=O)[C@H](OC(C)=O)[C@H](OC(C)=O)[C@H]1OC(C)=O.